The summed E-state index contributed by atoms with van der Waals surface area (Å²) in [5.74, 6) is -1.20. The molecule has 4 unspecified atom stereocenters. The second-order valence-corrected chi connectivity index (χ2v) is 4.82. The minimum atomic E-state index is -0.959. The predicted molar refractivity (Wildman–Crippen MR) is 56.7 cm³/mol. The third-order valence-electron chi connectivity index (χ3n) is 3.23. The van der Waals surface area contributed by atoms with Crippen molar-refractivity contribution in [1.82, 2.24) is 4.90 Å². The highest BCUT2D eigenvalue weighted by atomic mass is 32.1. The number of fused-ring (bicyclic) bond motifs is 1. The first-order chi connectivity index (χ1) is 7.02. The highest BCUT2D eigenvalue weighted by Gasteiger charge is 2.49. The molecule has 0 radical (unpaired) electrons. The molecule has 4 atom stereocenters. The minimum Gasteiger partial charge on any atom is -0.480 e. The predicted octanol–water partition coefficient (Wildman–Crippen LogP) is -0.540. The Morgan fingerprint density at radius 3 is 2.80 bits per heavy atom. The van der Waals surface area contributed by atoms with Crippen molar-refractivity contribution < 1.29 is 14.7 Å². The Morgan fingerprint density at radius 2 is 2.20 bits per heavy atom. The number of aliphatic carboxylic acids is 1. The van der Waals surface area contributed by atoms with Crippen molar-refractivity contribution in [3.63, 3.8) is 0 Å². The largest absolute Gasteiger partial charge is 0.480 e. The Kier molecular flexibility index (Phi) is 2.64. The lowest BCUT2D eigenvalue weighted by Gasteiger charge is -2.36. The monoisotopic (exact) mass is 230 g/mol. The van der Waals surface area contributed by atoms with E-state index in [2.05, 4.69) is 12.6 Å². The maximum atomic E-state index is 11.8. The van der Waals surface area contributed by atoms with Crippen LogP contribution in [0.4, 0.5) is 0 Å². The van der Waals surface area contributed by atoms with Gasteiger partial charge in [0.05, 0.1) is 6.04 Å². The molecule has 15 heavy (non-hydrogen) atoms. The second kappa shape index (κ2) is 3.68. The molecular weight excluding hydrogens is 216 g/mol. The van der Waals surface area contributed by atoms with Crippen LogP contribution in [0.15, 0.2) is 0 Å². The van der Waals surface area contributed by atoms with Gasteiger partial charge in [-0.15, -0.1) is 0 Å². The summed E-state index contributed by atoms with van der Waals surface area (Å²) in [5, 5.41) is 8.97. The molecule has 2 aliphatic heterocycles. The molecule has 0 aromatic rings. The van der Waals surface area contributed by atoms with Crippen molar-refractivity contribution in [1.29, 1.82) is 0 Å². The highest BCUT2D eigenvalue weighted by molar-refractivity contribution is 7.81. The number of hydrogen-bond donors (Lipinski definition) is 3. The molecule has 2 rings (SSSR count). The van der Waals surface area contributed by atoms with Crippen LogP contribution < -0.4 is 5.73 Å². The number of rotatable bonds is 1. The molecule has 84 valence electrons. The van der Waals surface area contributed by atoms with Gasteiger partial charge in [-0.3, -0.25) is 4.79 Å². The third kappa shape index (κ3) is 1.61. The fraction of sp³-hybridized carbons (Fsp3) is 0.778. The molecule has 2 aliphatic rings. The normalized spacial score (nSPS) is 40.4. The summed E-state index contributed by atoms with van der Waals surface area (Å²) in [7, 11) is 0. The van der Waals surface area contributed by atoms with E-state index < -0.39 is 18.1 Å². The number of carboxylic acid groups (broad SMARTS) is 1. The first-order valence-corrected chi connectivity index (χ1v) is 5.52. The van der Waals surface area contributed by atoms with Gasteiger partial charge in [0.25, 0.3) is 0 Å². The van der Waals surface area contributed by atoms with Crippen molar-refractivity contribution in [2.75, 3.05) is 0 Å². The number of amides is 1. The fourth-order valence-electron chi connectivity index (χ4n) is 2.45. The van der Waals surface area contributed by atoms with Crippen LogP contribution in [0.3, 0.4) is 0 Å². The average molecular weight is 230 g/mol. The average Bonchev–Trinajstić information content (AvgIpc) is 2.50. The molecule has 0 aromatic heterocycles. The Morgan fingerprint density at radius 1 is 1.53 bits per heavy atom. The van der Waals surface area contributed by atoms with Crippen LogP contribution in [0.2, 0.25) is 0 Å². The van der Waals surface area contributed by atoms with E-state index in [0.29, 0.717) is 12.8 Å². The number of hydrogen-bond acceptors (Lipinski definition) is 4. The van der Waals surface area contributed by atoms with Crippen molar-refractivity contribution in [3.05, 3.63) is 0 Å². The summed E-state index contributed by atoms with van der Waals surface area (Å²) in [6.07, 6.45) is 1.80. The molecule has 0 spiro atoms. The summed E-state index contributed by atoms with van der Waals surface area (Å²) in [6, 6.07) is -1.33. The Hall–Kier alpha value is -0.750. The lowest BCUT2D eigenvalue weighted by molar-refractivity contribution is -0.151. The van der Waals surface area contributed by atoms with E-state index in [-0.39, 0.29) is 17.2 Å². The van der Waals surface area contributed by atoms with Gasteiger partial charge in [-0.2, -0.15) is 12.6 Å². The first-order valence-electron chi connectivity index (χ1n) is 5.01. The van der Waals surface area contributed by atoms with E-state index in [1.165, 1.54) is 4.90 Å². The second-order valence-electron chi connectivity index (χ2n) is 4.15. The molecule has 0 bridgehead atoms. The van der Waals surface area contributed by atoms with Crippen molar-refractivity contribution >= 4 is 24.5 Å². The number of carbonyl (C=O) groups is 2. The van der Waals surface area contributed by atoms with E-state index >= 15 is 0 Å². The molecule has 0 aromatic carbocycles. The summed E-state index contributed by atoms with van der Waals surface area (Å²) >= 11 is 4.34. The van der Waals surface area contributed by atoms with Gasteiger partial charge >= 0.3 is 5.97 Å². The lowest BCUT2D eigenvalue weighted by atomic mass is 9.98. The van der Waals surface area contributed by atoms with Crippen LogP contribution in [0.1, 0.15) is 19.3 Å². The van der Waals surface area contributed by atoms with Gasteiger partial charge in [0.15, 0.2) is 0 Å². The van der Waals surface area contributed by atoms with Gasteiger partial charge in [-0.05, 0) is 19.3 Å². The first kappa shape index (κ1) is 10.8. The van der Waals surface area contributed by atoms with Crippen LogP contribution in [-0.4, -0.2) is 45.3 Å². The summed E-state index contributed by atoms with van der Waals surface area (Å²) < 4.78 is 0. The minimum absolute atomic E-state index is 0.0393. The summed E-state index contributed by atoms with van der Waals surface area (Å²) in [4.78, 5) is 24.2. The standard InChI is InChI=1S/C9H14N2O3S/c10-4-1-2-5-7(15)3-6(9(13)14)11(5)8(4)12/h4-7,15H,1-3,10H2,(H,13,14). The van der Waals surface area contributed by atoms with Gasteiger partial charge in [-0.25, -0.2) is 4.79 Å². The Balaban J connectivity index is 2.26. The van der Waals surface area contributed by atoms with Gasteiger partial charge in [0.1, 0.15) is 6.04 Å². The Labute approximate surface area is 93.0 Å². The van der Waals surface area contributed by atoms with Crippen LogP contribution in [-0.2, 0) is 9.59 Å². The van der Waals surface area contributed by atoms with Crippen molar-refractivity contribution in [2.24, 2.45) is 5.73 Å². The molecule has 3 N–H and O–H groups in total. The van der Waals surface area contributed by atoms with Crippen LogP contribution >= 0.6 is 12.6 Å². The number of carbonyl (C=O) groups excluding carboxylic acids is 1. The molecule has 2 saturated heterocycles. The van der Waals surface area contributed by atoms with E-state index in [4.69, 9.17) is 10.8 Å². The zero-order valence-corrected chi connectivity index (χ0v) is 9.06. The molecule has 6 heteroatoms. The van der Waals surface area contributed by atoms with E-state index in [9.17, 15) is 9.59 Å². The molecule has 5 nitrogen and oxygen atoms in total. The summed E-state index contributed by atoms with van der Waals surface area (Å²) in [6.45, 7) is 0. The molecular formula is C9H14N2O3S. The lowest BCUT2D eigenvalue weighted by Crippen LogP contribution is -2.56. The maximum absolute atomic E-state index is 11.8. The van der Waals surface area contributed by atoms with Crippen LogP contribution in [0.5, 0.6) is 0 Å². The maximum Gasteiger partial charge on any atom is 0.326 e. The highest BCUT2D eigenvalue weighted by Crippen LogP contribution is 2.35. The molecule has 2 fully saturated rings. The van der Waals surface area contributed by atoms with E-state index in [1.54, 1.807) is 0 Å². The fourth-order valence-corrected chi connectivity index (χ4v) is 2.94. The molecule has 1 amide bonds. The number of nitrogens with two attached hydrogens (primary N) is 1. The van der Waals surface area contributed by atoms with Gasteiger partial charge < -0.3 is 15.7 Å². The smallest absolute Gasteiger partial charge is 0.326 e. The molecule has 2 heterocycles. The quantitative estimate of drug-likeness (QED) is 0.528. The number of thiol groups is 1. The molecule has 0 aliphatic carbocycles. The van der Waals surface area contributed by atoms with E-state index in [1.807, 2.05) is 0 Å². The van der Waals surface area contributed by atoms with E-state index in [0.717, 1.165) is 6.42 Å². The zero-order valence-electron chi connectivity index (χ0n) is 8.17. The van der Waals surface area contributed by atoms with Gasteiger partial charge in [0, 0.05) is 11.3 Å². The zero-order chi connectivity index (χ0) is 11.2. The van der Waals surface area contributed by atoms with Crippen molar-refractivity contribution in [3.8, 4) is 0 Å². The van der Waals surface area contributed by atoms with Crippen LogP contribution in [0, 0.1) is 0 Å². The van der Waals surface area contributed by atoms with Crippen LogP contribution in [0.25, 0.3) is 0 Å². The third-order valence-corrected chi connectivity index (χ3v) is 3.79. The summed E-state index contributed by atoms with van der Waals surface area (Å²) in [5.41, 5.74) is 5.63. The SMILES string of the molecule is NC1CCC2C(S)CC(C(=O)O)N2C1=O. The van der Waals surface area contributed by atoms with Gasteiger partial charge in [-0.1, -0.05) is 0 Å². The molecule has 0 saturated carbocycles. The number of piperidine rings is 1. The van der Waals surface area contributed by atoms with Gasteiger partial charge in [0.2, 0.25) is 5.91 Å². The van der Waals surface area contributed by atoms with Crippen molar-refractivity contribution in [2.45, 2.75) is 42.6 Å². The number of nitrogens with zero attached hydrogens (tertiary/aromatic N) is 1. The Bertz CT molecular complexity index is 310. The topological polar surface area (TPSA) is 83.6 Å². The number of carboxylic acids is 1.